The second-order valence-electron chi connectivity index (χ2n) is 8.35. The number of sulfonamides is 1. The smallest absolute Gasteiger partial charge is 0.243 e. The molecule has 2 saturated heterocycles. The summed E-state index contributed by atoms with van der Waals surface area (Å²) < 4.78 is 32.0. The van der Waals surface area contributed by atoms with E-state index in [1.165, 1.54) is 4.31 Å². The molecule has 8 nitrogen and oxygen atoms in total. The van der Waals surface area contributed by atoms with Crippen LogP contribution in [0.3, 0.4) is 0 Å². The van der Waals surface area contributed by atoms with Gasteiger partial charge < -0.3 is 14.5 Å². The van der Waals surface area contributed by atoms with Crippen LogP contribution < -0.4 is 0 Å². The molecule has 2 heterocycles. The molecule has 0 N–H and O–H groups in total. The first kappa shape index (κ1) is 24.7. The molecule has 2 aliphatic heterocycles. The molecule has 1 unspecified atom stereocenters. The lowest BCUT2D eigenvalue weighted by molar-refractivity contribution is -0.144. The van der Waals surface area contributed by atoms with Gasteiger partial charge in [0, 0.05) is 45.7 Å². The van der Waals surface area contributed by atoms with Crippen LogP contribution in [-0.2, 0) is 30.8 Å². The molecule has 1 aromatic rings. The van der Waals surface area contributed by atoms with E-state index < -0.39 is 10.0 Å². The molecule has 0 saturated carbocycles. The number of hydrogen-bond donors (Lipinski definition) is 0. The topological polar surface area (TPSA) is 87.2 Å². The summed E-state index contributed by atoms with van der Waals surface area (Å²) in [4.78, 5) is 29.5. The van der Waals surface area contributed by atoms with Gasteiger partial charge in [-0.05, 0) is 37.0 Å². The third kappa shape index (κ3) is 5.88. The Hall–Kier alpha value is -1.97. The Kier molecular flexibility index (Phi) is 8.67. The zero-order valence-corrected chi connectivity index (χ0v) is 20.0. The predicted octanol–water partition coefficient (Wildman–Crippen LogP) is 1.75. The Labute approximate surface area is 191 Å². The summed E-state index contributed by atoms with van der Waals surface area (Å²) in [6.07, 6.45) is 2.55. The summed E-state index contributed by atoms with van der Waals surface area (Å²) >= 11 is 0. The molecule has 2 fully saturated rings. The monoisotopic (exact) mass is 465 g/mol. The van der Waals surface area contributed by atoms with Crippen molar-refractivity contribution in [2.75, 3.05) is 52.5 Å². The summed E-state index contributed by atoms with van der Waals surface area (Å²) in [6, 6.07) is 6.80. The number of amides is 2. The highest BCUT2D eigenvalue weighted by molar-refractivity contribution is 7.89. The Bertz CT molecular complexity index is 877. The van der Waals surface area contributed by atoms with E-state index in [9.17, 15) is 18.0 Å². The quantitative estimate of drug-likeness (QED) is 0.584. The Morgan fingerprint density at radius 3 is 2.31 bits per heavy atom. The minimum absolute atomic E-state index is 0.0457. The van der Waals surface area contributed by atoms with Crippen LogP contribution in [0.1, 0.15) is 38.7 Å². The third-order valence-corrected chi connectivity index (χ3v) is 8.40. The SMILES string of the molecule is CCN(CC)S(=O)(=O)c1ccc(CCC(=O)N2CCCC(C(=O)N3CCOCC3)C2)cc1. The van der Waals surface area contributed by atoms with Crippen LogP contribution in [0.5, 0.6) is 0 Å². The molecule has 0 spiro atoms. The van der Waals surface area contributed by atoms with Crippen LogP contribution in [0, 0.1) is 5.92 Å². The number of piperidine rings is 1. The van der Waals surface area contributed by atoms with Gasteiger partial charge in [-0.25, -0.2) is 8.42 Å². The maximum atomic E-state index is 12.8. The molecule has 3 rings (SSSR count). The Morgan fingerprint density at radius 2 is 1.69 bits per heavy atom. The number of carbonyl (C=O) groups excluding carboxylic acids is 2. The Morgan fingerprint density at radius 1 is 1.03 bits per heavy atom. The average Bonchev–Trinajstić information content (AvgIpc) is 2.83. The van der Waals surface area contributed by atoms with Crippen LogP contribution >= 0.6 is 0 Å². The second-order valence-corrected chi connectivity index (χ2v) is 10.3. The fourth-order valence-corrected chi connectivity index (χ4v) is 5.86. The van der Waals surface area contributed by atoms with E-state index in [4.69, 9.17) is 4.74 Å². The lowest BCUT2D eigenvalue weighted by Crippen LogP contribution is -2.49. The zero-order chi connectivity index (χ0) is 23.1. The van der Waals surface area contributed by atoms with E-state index in [1.807, 2.05) is 23.6 Å². The van der Waals surface area contributed by atoms with Gasteiger partial charge in [-0.2, -0.15) is 4.31 Å². The second kappa shape index (κ2) is 11.2. The van der Waals surface area contributed by atoms with E-state index >= 15 is 0 Å². The van der Waals surface area contributed by atoms with Crippen molar-refractivity contribution in [1.29, 1.82) is 0 Å². The van der Waals surface area contributed by atoms with Crippen molar-refractivity contribution in [1.82, 2.24) is 14.1 Å². The molecule has 0 radical (unpaired) electrons. The van der Waals surface area contributed by atoms with Gasteiger partial charge in [-0.1, -0.05) is 26.0 Å². The van der Waals surface area contributed by atoms with E-state index in [0.29, 0.717) is 65.3 Å². The number of carbonyl (C=O) groups is 2. The average molecular weight is 466 g/mol. The number of likely N-dealkylation sites (tertiary alicyclic amines) is 1. The molecular weight excluding hydrogens is 430 g/mol. The molecular formula is C23H35N3O5S. The van der Waals surface area contributed by atoms with E-state index in [2.05, 4.69) is 0 Å². The van der Waals surface area contributed by atoms with Gasteiger partial charge in [0.05, 0.1) is 24.0 Å². The van der Waals surface area contributed by atoms with Crippen LogP contribution in [0.4, 0.5) is 0 Å². The number of aryl methyl sites for hydroxylation is 1. The maximum Gasteiger partial charge on any atom is 0.243 e. The molecule has 178 valence electrons. The van der Waals surface area contributed by atoms with Gasteiger partial charge in [-0.3, -0.25) is 9.59 Å². The van der Waals surface area contributed by atoms with Crippen LogP contribution in [0.25, 0.3) is 0 Å². The van der Waals surface area contributed by atoms with Crippen molar-refractivity contribution < 1.29 is 22.7 Å². The van der Waals surface area contributed by atoms with Crippen molar-refractivity contribution in [2.45, 2.75) is 44.4 Å². The summed E-state index contributed by atoms with van der Waals surface area (Å²) in [5, 5.41) is 0. The van der Waals surface area contributed by atoms with Gasteiger partial charge >= 0.3 is 0 Å². The largest absolute Gasteiger partial charge is 0.378 e. The highest BCUT2D eigenvalue weighted by Gasteiger charge is 2.31. The normalized spacial score (nSPS) is 19.9. The van der Waals surface area contributed by atoms with Crippen molar-refractivity contribution in [2.24, 2.45) is 5.92 Å². The van der Waals surface area contributed by atoms with Gasteiger partial charge in [0.1, 0.15) is 0 Å². The number of ether oxygens (including phenoxy) is 1. The minimum Gasteiger partial charge on any atom is -0.378 e. The van der Waals surface area contributed by atoms with Crippen molar-refractivity contribution in [3.05, 3.63) is 29.8 Å². The molecule has 0 aliphatic carbocycles. The molecule has 0 aromatic heterocycles. The maximum absolute atomic E-state index is 12.8. The first-order chi connectivity index (χ1) is 15.4. The standard InChI is InChI=1S/C23H35N3O5S/c1-3-26(4-2)32(29,30)21-10-7-19(8-11-21)9-12-22(27)25-13-5-6-20(18-25)23(28)24-14-16-31-17-15-24/h7-8,10-11,20H,3-6,9,12-18H2,1-2H3. The van der Waals surface area contributed by atoms with Gasteiger partial charge in [0.15, 0.2) is 0 Å². The Balaban J connectivity index is 1.53. The first-order valence-corrected chi connectivity index (χ1v) is 13.0. The highest BCUT2D eigenvalue weighted by atomic mass is 32.2. The summed E-state index contributed by atoms with van der Waals surface area (Å²) in [6.45, 7) is 8.09. The van der Waals surface area contributed by atoms with E-state index in [0.717, 1.165) is 18.4 Å². The molecule has 1 aromatic carbocycles. The number of nitrogens with zero attached hydrogens (tertiary/aromatic N) is 3. The van der Waals surface area contributed by atoms with Crippen LogP contribution in [0.2, 0.25) is 0 Å². The van der Waals surface area contributed by atoms with E-state index in [-0.39, 0.29) is 22.6 Å². The summed E-state index contributed by atoms with van der Waals surface area (Å²) in [5.41, 5.74) is 0.926. The molecule has 1 atom stereocenters. The van der Waals surface area contributed by atoms with Crippen molar-refractivity contribution in [3.8, 4) is 0 Å². The van der Waals surface area contributed by atoms with Crippen LogP contribution in [-0.4, -0.2) is 86.8 Å². The molecule has 2 amide bonds. The zero-order valence-electron chi connectivity index (χ0n) is 19.2. The molecule has 32 heavy (non-hydrogen) atoms. The number of hydrogen-bond acceptors (Lipinski definition) is 5. The summed E-state index contributed by atoms with van der Waals surface area (Å²) in [7, 11) is -3.48. The lowest BCUT2D eigenvalue weighted by Gasteiger charge is -2.36. The van der Waals surface area contributed by atoms with Gasteiger partial charge in [0.25, 0.3) is 0 Å². The fraction of sp³-hybridized carbons (Fsp3) is 0.652. The number of rotatable bonds is 8. The first-order valence-electron chi connectivity index (χ1n) is 11.6. The number of morpholine rings is 1. The minimum atomic E-state index is -3.48. The summed E-state index contributed by atoms with van der Waals surface area (Å²) in [5.74, 6) is 0.0514. The van der Waals surface area contributed by atoms with Gasteiger partial charge in [-0.15, -0.1) is 0 Å². The third-order valence-electron chi connectivity index (χ3n) is 6.34. The number of benzene rings is 1. The van der Waals surface area contributed by atoms with Crippen molar-refractivity contribution in [3.63, 3.8) is 0 Å². The van der Waals surface area contributed by atoms with E-state index in [1.54, 1.807) is 24.3 Å². The molecule has 9 heteroatoms. The van der Waals surface area contributed by atoms with Crippen LogP contribution in [0.15, 0.2) is 29.2 Å². The van der Waals surface area contributed by atoms with Gasteiger partial charge in [0.2, 0.25) is 21.8 Å². The lowest BCUT2D eigenvalue weighted by atomic mass is 9.95. The molecule has 2 aliphatic rings. The predicted molar refractivity (Wildman–Crippen MR) is 122 cm³/mol. The highest BCUT2D eigenvalue weighted by Crippen LogP contribution is 2.21. The molecule has 0 bridgehead atoms. The van der Waals surface area contributed by atoms with Crippen molar-refractivity contribution >= 4 is 21.8 Å². The fourth-order valence-electron chi connectivity index (χ4n) is 4.40.